The summed E-state index contributed by atoms with van der Waals surface area (Å²) < 4.78 is 13.9. The average molecular weight is 292 g/mol. The molecule has 1 fully saturated rings. The molecule has 1 aromatic carbocycles. The van der Waals surface area contributed by atoms with Gasteiger partial charge in [0.1, 0.15) is 5.82 Å². The second-order valence-electron chi connectivity index (χ2n) is 6.65. The van der Waals surface area contributed by atoms with E-state index in [0.717, 1.165) is 24.1 Å². The lowest BCUT2D eigenvalue weighted by Crippen LogP contribution is -2.52. The quantitative estimate of drug-likeness (QED) is 0.851. The smallest absolute Gasteiger partial charge is 0.123 e. The lowest BCUT2D eigenvalue weighted by molar-refractivity contribution is 0.104. The van der Waals surface area contributed by atoms with Crippen LogP contribution >= 0.6 is 0 Å². The van der Waals surface area contributed by atoms with Gasteiger partial charge in [-0.05, 0) is 70.1 Å². The summed E-state index contributed by atoms with van der Waals surface area (Å²) in [7, 11) is 4.33. The molecule has 1 atom stereocenters. The van der Waals surface area contributed by atoms with E-state index in [-0.39, 0.29) is 17.4 Å². The van der Waals surface area contributed by atoms with Crippen LogP contribution in [0.4, 0.5) is 4.39 Å². The molecule has 0 spiro atoms. The summed E-state index contributed by atoms with van der Waals surface area (Å²) in [5.41, 5.74) is 2.20. The van der Waals surface area contributed by atoms with Crippen LogP contribution in [-0.4, -0.2) is 31.1 Å². The van der Waals surface area contributed by atoms with Gasteiger partial charge in [-0.15, -0.1) is 0 Å². The first kappa shape index (κ1) is 16.4. The summed E-state index contributed by atoms with van der Waals surface area (Å²) >= 11 is 0. The zero-order valence-corrected chi connectivity index (χ0v) is 13.9. The largest absolute Gasteiger partial charge is 0.308 e. The molecule has 0 saturated heterocycles. The van der Waals surface area contributed by atoms with Crippen LogP contribution < -0.4 is 5.32 Å². The molecular weight excluding hydrogens is 263 g/mol. The molecule has 1 unspecified atom stereocenters. The molecule has 0 bridgehead atoms. The van der Waals surface area contributed by atoms with Crippen LogP contribution in [0.3, 0.4) is 0 Å². The van der Waals surface area contributed by atoms with Gasteiger partial charge in [0.2, 0.25) is 0 Å². The Morgan fingerprint density at radius 3 is 2.43 bits per heavy atom. The number of benzene rings is 1. The van der Waals surface area contributed by atoms with Crippen LogP contribution in [0, 0.1) is 12.7 Å². The number of aryl methyl sites for hydroxylation is 1. The SMILES string of the molecule is CCCNC(c1cc(C)cc(F)c1)C1(N(C)C)CCCC1. The molecule has 0 amide bonds. The van der Waals surface area contributed by atoms with Crippen molar-refractivity contribution in [2.24, 2.45) is 0 Å². The summed E-state index contributed by atoms with van der Waals surface area (Å²) in [5.74, 6) is -0.125. The fourth-order valence-corrected chi connectivity index (χ4v) is 3.82. The number of halogens is 1. The lowest BCUT2D eigenvalue weighted by Gasteiger charge is -2.44. The minimum atomic E-state index is -0.125. The van der Waals surface area contributed by atoms with E-state index >= 15 is 0 Å². The molecule has 21 heavy (non-hydrogen) atoms. The Hall–Kier alpha value is -0.930. The first-order valence-electron chi connectivity index (χ1n) is 8.17. The summed E-state index contributed by atoms with van der Waals surface area (Å²) in [5, 5.41) is 3.70. The third kappa shape index (κ3) is 3.46. The van der Waals surface area contributed by atoms with Crippen LogP contribution in [-0.2, 0) is 0 Å². The van der Waals surface area contributed by atoms with E-state index in [1.165, 1.54) is 25.7 Å². The number of nitrogens with one attached hydrogen (secondary N) is 1. The third-order valence-corrected chi connectivity index (χ3v) is 4.89. The predicted octanol–water partition coefficient (Wildman–Crippen LogP) is 4.05. The van der Waals surface area contributed by atoms with E-state index in [1.807, 2.05) is 6.92 Å². The van der Waals surface area contributed by atoms with Gasteiger partial charge in [0.05, 0.1) is 6.04 Å². The molecule has 3 heteroatoms. The normalized spacial score (nSPS) is 19.1. The number of rotatable bonds is 6. The molecule has 1 aliphatic carbocycles. The van der Waals surface area contributed by atoms with Crippen molar-refractivity contribution in [1.82, 2.24) is 10.2 Å². The van der Waals surface area contributed by atoms with Crippen LogP contribution in [0.15, 0.2) is 18.2 Å². The van der Waals surface area contributed by atoms with E-state index in [9.17, 15) is 4.39 Å². The van der Waals surface area contributed by atoms with Gasteiger partial charge < -0.3 is 10.2 Å². The fraction of sp³-hybridized carbons (Fsp3) is 0.667. The molecule has 0 aromatic heterocycles. The van der Waals surface area contributed by atoms with Crippen molar-refractivity contribution in [3.63, 3.8) is 0 Å². The molecule has 1 saturated carbocycles. The van der Waals surface area contributed by atoms with Crippen molar-refractivity contribution in [3.8, 4) is 0 Å². The van der Waals surface area contributed by atoms with Gasteiger partial charge >= 0.3 is 0 Å². The highest BCUT2D eigenvalue weighted by molar-refractivity contribution is 5.29. The van der Waals surface area contributed by atoms with Crippen molar-refractivity contribution in [2.45, 2.75) is 57.5 Å². The lowest BCUT2D eigenvalue weighted by atomic mass is 9.82. The Bertz CT molecular complexity index is 444. The second kappa shape index (κ2) is 6.89. The van der Waals surface area contributed by atoms with Crippen LogP contribution in [0.25, 0.3) is 0 Å². The number of hydrogen-bond acceptors (Lipinski definition) is 2. The van der Waals surface area contributed by atoms with Crippen molar-refractivity contribution >= 4 is 0 Å². The Balaban J connectivity index is 2.41. The van der Waals surface area contributed by atoms with E-state index in [4.69, 9.17) is 0 Å². The monoisotopic (exact) mass is 292 g/mol. The summed E-state index contributed by atoms with van der Waals surface area (Å²) in [6.07, 6.45) is 5.97. The Labute approximate surface area is 128 Å². The van der Waals surface area contributed by atoms with E-state index in [1.54, 1.807) is 12.1 Å². The molecule has 0 aliphatic heterocycles. The van der Waals surface area contributed by atoms with Gasteiger partial charge in [0.25, 0.3) is 0 Å². The molecular formula is C18H29FN2. The van der Waals surface area contributed by atoms with E-state index in [0.29, 0.717) is 0 Å². The Kier molecular flexibility index (Phi) is 5.39. The summed E-state index contributed by atoms with van der Waals surface area (Å²) in [6.45, 7) is 5.12. The summed E-state index contributed by atoms with van der Waals surface area (Å²) in [4.78, 5) is 2.35. The first-order valence-corrected chi connectivity index (χ1v) is 8.17. The van der Waals surface area contributed by atoms with Gasteiger partial charge in [-0.25, -0.2) is 4.39 Å². The molecule has 1 aromatic rings. The molecule has 0 radical (unpaired) electrons. The maximum atomic E-state index is 13.9. The molecule has 0 heterocycles. The highest BCUT2D eigenvalue weighted by Crippen LogP contribution is 2.43. The maximum Gasteiger partial charge on any atom is 0.123 e. The van der Waals surface area contributed by atoms with Crippen molar-refractivity contribution in [3.05, 3.63) is 35.1 Å². The van der Waals surface area contributed by atoms with E-state index < -0.39 is 0 Å². The number of hydrogen-bond donors (Lipinski definition) is 1. The molecule has 2 nitrogen and oxygen atoms in total. The van der Waals surface area contributed by atoms with Crippen LogP contribution in [0.5, 0.6) is 0 Å². The molecule has 1 aliphatic rings. The van der Waals surface area contributed by atoms with Crippen molar-refractivity contribution in [1.29, 1.82) is 0 Å². The van der Waals surface area contributed by atoms with Gasteiger partial charge in [-0.3, -0.25) is 0 Å². The zero-order chi connectivity index (χ0) is 15.5. The van der Waals surface area contributed by atoms with Gasteiger partial charge in [-0.1, -0.05) is 25.8 Å². The number of likely N-dealkylation sites (N-methyl/N-ethyl adjacent to an activating group) is 1. The highest BCUT2D eigenvalue weighted by Gasteiger charge is 2.43. The Morgan fingerprint density at radius 2 is 1.90 bits per heavy atom. The summed E-state index contributed by atoms with van der Waals surface area (Å²) in [6, 6.07) is 5.66. The van der Waals surface area contributed by atoms with Crippen molar-refractivity contribution < 1.29 is 4.39 Å². The topological polar surface area (TPSA) is 15.3 Å². The standard InChI is InChI=1S/C18H29FN2/c1-5-10-20-17(15-11-14(2)12-16(19)13-15)18(21(3)4)8-6-7-9-18/h11-13,17,20H,5-10H2,1-4H3. The third-order valence-electron chi connectivity index (χ3n) is 4.89. The second-order valence-corrected chi connectivity index (χ2v) is 6.65. The van der Waals surface area contributed by atoms with E-state index in [2.05, 4.69) is 37.3 Å². The van der Waals surface area contributed by atoms with Gasteiger partial charge in [0, 0.05) is 5.54 Å². The van der Waals surface area contributed by atoms with Gasteiger partial charge in [0.15, 0.2) is 0 Å². The van der Waals surface area contributed by atoms with Crippen molar-refractivity contribution in [2.75, 3.05) is 20.6 Å². The van der Waals surface area contributed by atoms with Crippen LogP contribution in [0.2, 0.25) is 0 Å². The zero-order valence-electron chi connectivity index (χ0n) is 13.9. The highest BCUT2D eigenvalue weighted by atomic mass is 19.1. The molecule has 1 N–H and O–H groups in total. The molecule has 118 valence electrons. The maximum absolute atomic E-state index is 13.9. The van der Waals surface area contributed by atoms with Gasteiger partial charge in [-0.2, -0.15) is 0 Å². The average Bonchev–Trinajstić information content (AvgIpc) is 2.89. The minimum absolute atomic E-state index is 0.107. The Morgan fingerprint density at radius 1 is 1.24 bits per heavy atom. The molecule has 2 rings (SSSR count). The number of nitrogens with zero attached hydrogens (tertiary/aromatic N) is 1. The predicted molar refractivity (Wildman–Crippen MR) is 87.1 cm³/mol. The fourth-order valence-electron chi connectivity index (χ4n) is 3.82. The van der Waals surface area contributed by atoms with Crippen LogP contribution in [0.1, 0.15) is 56.2 Å². The minimum Gasteiger partial charge on any atom is -0.308 e. The first-order chi connectivity index (χ1) is 9.99.